The van der Waals surface area contributed by atoms with Gasteiger partial charge in [0.15, 0.2) is 17.3 Å². The summed E-state index contributed by atoms with van der Waals surface area (Å²) in [6.45, 7) is 1.41. The Morgan fingerprint density at radius 1 is 0.952 bits per heavy atom. The Morgan fingerprint density at radius 3 is 2.33 bits per heavy atom. The van der Waals surface area contributed by atoms with Crippen LogP contribution >= 0.6 is 0 Å². The number of ketones is 1. The Labute approximate surface area is 122 Å². The second kappa shape index (κ2) is 5.25. The van der Waals surface area contributed by atoms with Crippen LogP contribution in [0.5, 0.6) is 5.75 Å². The van der Waals surface area contributed by atoms with E-state index in [1.807, 2.05) is 12.1 Å². The quantitative estimate of drug-likeness (QED) is 0.848. The predicted molar refractivity (Wildman–Crippen MR) is 79.1 cm³/mol. The van der Waals surface area contributed by atoms with Crippen molar-refractivity contribution >= 4 is 17.4 Å². The van der Waals surface area contributed by atoms with Gasteiger partial charge >= 0.3 is 0 Å². The van der Waals surface area contributed by atoms with E-state index in [9.17, 15) is 9.59 Å². The molecule has 0 aromatic heterocycles. The van der Waals surface area contributed by atoms with Crippen LogP contribution in [0.15, 0.2) is 66.6 Å². The molecule has 104 valence electrons. The third kappa shape index (κ3) is 2.43. The van der Waals surface area contributed by atoms with E-state index in [4.69, 9.17) is 4.74 Å². The topological polar surface area (TPSA) is 46.6 Å². The van der Waals surface area contributed by atoms with E-state index in [2.05, 4.69) is 0 Å². The van der Waals surface area contributed by atoms with Gasteiger partial charge in [0, 0.05) is 12.5 Å². The van der Waals surface area contributed by atoms with Gasteiger partial charge in [0.1, 0.15) is 0 Å². The molecule has 4 nitrogen and oxygen atoms in total. The van der Waals surface area contributed by atoms with Crippen LogP contribution in [0.4, 0.5) is 5.69 Å². The van der Waals surface area contributed by atoms with Gasteiger partial charge in [-0.3, -0.25) is 14.5 Å². The molecule has 3 rings (SSSR count). The van der Waals surface area contributed by atoms with Crippen LogP contribution in [0, 0.1) is 0 Å². The van der Waals surface area contributed by atoms with Gasteiger partial charge in [-0.2, -0.15) is 0 Å². The Hall–Kier alpha value is -2.88. The zero-order chi connectivity index (χ0) is 14.8. The highest BCUT2D eigenvalue weighted by atomic mass is 16.5. The molecule has 2 aromatic rings. The molecule has 0 radical (unpaired) electrons. The van der Waals surface area contributed by atoms with Crippen molar-refractivity contribution in [1.82, 2.24) is 0 Å². The molecule has 0 saturated carbocycles. The Bertz CT molecular complexity index is 735. The fraction of sp³-hybridized carbons (Fsp3) is 0.0588. The molecule has 4 heteroatoms. The SMILES string of the molecule is CC(=O)C1=CN(C(=O)c2ccccc2)c2ccccc2O1. The molecule has 0 unspecified atom stereocenters. The molecule has 1 heterocycles. The minimum absolute atomic E-state index is 0.151. The maximum Gasteiger partial charge on any atom is 0.262 e. The number of benzene rings is 2. The second-order valence-corrected chi connectivity index (χ2v) is 4.66. The summed E-state index contributed by atoms with van der Waals surface area (Å²) >= 11 is 0. The molecule has 1 aliphatic heterocycles. The standard InChI is InChI=1S/C17H13NO3/c1-12(19)16-11-18(14-9-5-6-10-15(14)21-16)17(20)13-7-3-2-4-8-13/h2-11H,1H3. The first kappa shape index (κ1) is 13.1. The third-order valence-electron chi connectivity index (χ3n) is 3.18. The lowest BCUT2D eigenvalue weighted by Crippen LogP contribution is -2.30. The smallest absolute Gasteiger partial charge is 0.262 e. The van der Waals surface area contributed by atoms with Gasteiger partial charge in [-0.15, -0.1) is 0 Å². The molecule has 1 amide bonds. The van der Waals surface area contributed by atoms with Crippen LogP contribution in [0.1, 0.15) is 17.3 Å². The van der Waals surface area contributed by atoms with Crippen molar-refractivity contribution < 1.29 is 14.3 Å². The van der Waals surface area contributed by atoms with Crippen molar-refractivity contribution in [1.29, 1.82) is 0 Å². The number of amides is 1. The van der Waals surface area contributed by atoms with E-state index in [1.54, 1.807) is 42.5 Å². The lowest BCUT2D eigenvalue weighted by molar-refractivity contribution is -0.115. The number of hydrogen-bond acceptors (Lipinski definition) is 3. The van der Waals surface area contributed by atoms with Crippen molar-refractivity contribution in [2.24, 2.45) is 0 Å². The average molecular weight is 279 g/mol. The molecule has 0 saturated heterocycles. The van der Waals surface area contributed by atoms with Crippen molar-refractivity contribution in [3.8, 4) is 5.75 Å². The van der Waals surface area contributed by atoms with Gasteiger partial charge in [0.2, 0.25) is 0 Å². The summed E-state index contributed by atoms with van der Waals surface area (Å²) < 4.78 is 5.53. The maximum atomic E-state index is 12.6. The highest BCUT2D eigenvalue weighted by molar-refractivity contribution is 6.09. The fourth-order valence-electron chi connectivity index (χ4n) is 2.12. The van der Waals surface area contributed by atoms with Crippen LogP contribution in [0.2, 0.25) is 0 Å². The number of ether oxygens (including phenoxy) is 1. The van der Waals surface area contributed by atoms with Gasteiger partial charge in [-0.05, 0) is 24.3 Å². The Morgan fingerprint density at radius 2 is 1.62 bits per heavy atom. The second-order valence-electron chi connectivity index (χ2n) is 4.66. The summed E-state index contributed by atoms with van der Waals surface area (Å²) in [5.74, 6) is 0.216. The number of rotatable bonds is 2. The molecule has 0 atom stereocenters. The van der Waals surface area contributed by atoms with Crippen molar-refractivity contribution in [2.45, 2.75) is 6.92 Å². The molecular weight excluding hydrogens is 266 g/mol. The molecule has 0 N–H and O–H groups in total. The first-order chi connectivity index (χ1) is 10.2. The number of carbonyl (C=O) groups is 2. The van der Waals surface area contributed by atoms with E-state index in [1.165, 1.54) is 18.0 Å². The molecule has 0 bridgehead atoms. The minimum Gasteiger partial charge on any atom is -0.450 e. The van der Waals surface area contributed by atoms with Crippen molar-refractivity contribution in [2.75, 3.05) is 4.90 Å². The van der Waals surface area contributed by atoms with E-state index in [0.29, 0.717) is 17.0 Å². The molecule has 0 fully saturated rings. The van der Waals surface area contributed by atoms with Gasteiger partial charge in [0.25, 0.3) is 5.91 Å². The van der Waals surface area contributed by atoms with Crippen molar-refractivity contribution in [3.63, 3.8) is 0 Å². The highest BCUT2D eigenvalue weighted by Crippen LogP contribution is 2.34. The highest BCUT2D eigenvalue weighted by Gasteiger charge is 2.26. The number of nitrogens with zero attached hydrogens (tertiary/aromatic N) is 1. The summed E-state index contributed by atoms with van der Waals surface area (Å²) in [4.78, 5) is 25.7. The maximum absolute atomic E-state index is 12.6. The monoisotopic (exact) mass is 279 g/mol. The van der Waals surface area contributed by atoms with E-state index in [-0.39, 0.29) is 17.4 Å². The molecule has 2 aromatic carbocycles. The number of hydrogen-bond donors (Lipinski definition) is 0. The number of Topliss-reactive ketones (excluding diaryl/α,β-unsaturated/α-hetero) is 1. The third-order valence-corrected chi connectivity index (χ3v) is 3.18. The van der Waals surface area contributed by atoms with Crippen LogP contribution in [-0.2, 0) is 4.79 Å². The molecule has 0 spiro atoms. The van der Waals surface area contributed by atoms with Gasteiger partial charge in [-0.1, -0.05) is 30.3 Å². The van der Waals surface area contributed by atoms with Gasteiger partial charge in [-0.25, -0.2) is 0 Å². The Balaban J connectivity index is 2.07. The van der Waals surface area contributed by atoms with Crippen LogP contribution < -0.4 is 9.64 Å². The summed E-state index contributed by atoms with van der Waals surface area (Å²) in [7, 11) is 0. The number of fused-ring (bicyclic) bond motifs is 1. The zero-order valence-electron chi connectivity index (χ0n) is 11.4. The van der Waals surface area contributed by atoms with Crippen molar-refractivity contribution in [3.05, 3.63) is 72.1 Å². The van der Waals surface area contributed by atoms with E-state index in [0.717, 1.165) is 0 Å². The predicted octanol–water partition coefficient (Wildman–Crippen LogP) is 3.16. The molecular formula is C17H13NO3. The summed E-state index contributed by atoms with van der Waals surface area (Å²) in [6, 6.07) is 16.1. The lowest BCUT2D eigenvalue weighted by atomic mass is 10.1. The number of para-hydroxylation sites is 2. The molecule has 21 heavy (non-hydrogen) atoms. The van der Waals surface area contributed by atoms with Crippen LogP contribution in [0.3, 0.4) is 0 Å². The van der Waals surface area contributed by atoms with E-state index < -0.39 is 0 Å². The number of anilines is 1. The van der Waals surface area contributed by atoms with Gasteiger partial charge < -0.3 is 4.74 Å². The number of allylic oxidation sites excluding steroid dienone is 1. The minimum atomic E-state index is -0.227. The average Bonchev–Trinajstić information content (AvgIpc) is 2.54. The van der Waals surface area contributed by atoms with Crippen LogP contribution in [-0.4, -0.2) is 11.7 Å². The summed E-state index contributed by atoms with van der Waals surface area (Å²) in [5.41, 5.74) is 1.17. The Kier molecular flexibility index (Phi) is 3.28. The molecule has 1 aliphatic rings. The fourth-order valence-corrected chi connectivity index (χ4v) is 2.12. The zero-order valence-corrected chi connectivity index (χ0v) is 11.4. The van der Waals surface area contributed by atoms with Crippen LogP contribution in [0.25, 0.3) is 0 Å². The number of carbonyl (C=O) groups excluding carboxylic acids is 2. The summed E-state index contributed by atoms with van der Waals surface area (Å²) in [5, 5.41) is 0. The molecule has 0 aliphatic carbocycles. The normalized spacial score (nSPS) is 13.0. The first-order valence-electron chi connectivity index (χ1n) is 6.55. The van der Waals surface area contributed by atoms with E-state index >= 15 is 0 Å². The summed E-state index contributed by atoms with van der Waals surface area (Å²) in [6.07, 6.45) is 1.44. The van der Waals surface area contributed by atoms with Gasteiger partial charge in [0.05, 0.1) is 11.9 Å². The first-order valence-corrected chi connectivity index (χ1v) is 6.55. The lowest BCUT2D eigenvalue weighted by Gasteiger charge is -2.26. The largest absolute Gasteiger partial charge is 0.450 e.